The largest absolute Gasteiger partial charge is 0.320 e. The molecule has 0 aliphatic carbocycles. The summed E-state index contributed by atoms with van der Waals surface area (Å²) >= 11 is 17.4. The highest BCUT2D eigenvalue weighted by atomic mass is 35.5. The third kappa shape index (κ3) is 3.28. The Morgan fingerprint density at radius 3 is 2.00 bits per heavy atom. The van der Waals surface area contributed by atoms with E-state index >= 15 is 0 Å². The lowest BCUT2D eigenvalue weighted by Gasteiger charge is -2.40. The van der Waals surface area contributed by atoms with Crippen molar-refractivity contribution in [2.45, 2.75) is 26.3 Å². The summed E-state index contributed by atoms with van der Waals surface area (Å²) in [5.41, 5.74) is 0.968. The van der Waals surface area contributed by atoms with Crippen LogP contribution in [0.15, 0.2) is 24.3 Å². The molecular formula is C14H17Cl2NOS. The smallest absolute Gasteiger partial charge is 0.158 e. The van der Waals surface area contributed by atoms with E-state index < -0.39 is 5.54 Å². The van der Waals surface area contributed by atoms with Crippen LogP contribution in [0.3, 0.4) is 0 Å². The maximum absolute atomic E-state index is 12.0. The van der Waals surface area contributed by atoms with Crippen molar-refractivity contribution in [3.8, 4) is 0 Å². The molecule has 19 heavy (non-hydrogen) atoms. The molecule has 0 fully saturated rings. The summed E-state index contributed by atoms with van der Waals surface area (Å²) in [5.74, 6) is 0.0868. The Kier molecular flexibility index (Phi) is 5.78. The van der Waals surface area contributed by atoms with Gasteiger partial charge in [0.2, 0.25) is 0 Å². The van der Waals surface area contributed by atoms with Gasteiger partial charge in [0.1, 0.15) is 5.54 Å². The van der Waals surface area contributed by atoms with Gasteiger partial charge < -0.3 is 4.90 Å². The summed E-state index contributed by atoms with van der Waals surface area (Å²) in [7, 11) is 0. The van der Waals surface area contributed by atoms with Crippen LogP contribution in [0.5, 0.6) is 0 Å². The fourth-order valence-corrected chi connectivity index (χ4v) is 3.11. The van der Waals surface area contributed by atoms with Crippen LogP contribution >= 0.6 is 35.4 Å². The number of alkyl halides is 2. The van der Waals surface area contributed by atoms with E-state index in [-0.39, 0.29) is 17.5 Å². The van der Waals surface area contributed by atoms with Crippen molar-refractivity contribution >= 4 is 51.9 Å². The van der Waals surface area contributed by atoms with Crippen molar-refractivity contribution in [2.24, 2.45) is 0 Å². The summed E-state index contributed by atoms with van der Waals surface area (Å²) in [5, 5.41) is 0. The van der Waals surface area contributed by atoms with Crippen LogP contribution in [0.4, 0.5) is 5.69 Å². The highest BCUT2D eigenvalue weighted by molar-refractivity contribution is 7.80. The zero-order valence-corrected chi connectivity index (χ0v) is 13.6. The molecule has 0 unspecified atom stereocenters. The van der Waals surface area contributed by atoms with Gasteiger partial charge in [-0.05, 0) is 32.9 Å². The number of nitrogens with zero attached hydrogens (tertiary/aromatic N) is 1. The molecule has 1 aromatic rings. The van der Waals surface area contributed by atoms with Crippen molar-refractivity contribution in [1.82, 2.24) is 0 Å². The standard InChI is InChI=1S/C14H17Cl2NOS/c1-10-4-6-13(7-5-10)17(12(3)19)14(8-15,9-16)11(2)18/h4-7H,8-9H2,1-3H3. The number of hydrogen-bond donors (Lipinski definition) is 0. The average Bonchev–Trinajstić information content (AvgIpc) is 2.36. The molecule has 0 saturated carbocycles. The molecule has 104 valence electrons. The number of aryl methyl sites for hydroxylation is 1. The Labute approximate surface area is 129 Å². The predicted octanol–water partition coefficient (Wildman–Crippen LogP) is 3.95. The van der Waals surface area contributed by atoms with Gasteiger partial charge in [-0.3, -0.25) is 4.79 Å². The second-order valence-corrected chi connectivity index (χ2v) is 5.67. The molecule has 0 aliphatic rings. The molecule has 0 heterocycles. The number of carbonyl (C=O) groups excluding carboxylic acids is 1. The molecule has 0 spiro atoms. The highest BCUT2D eigenvalue weighted by Crippen LogP contribution is 2.29. The van der Waals surface area contributed by atoms with Crippen molar-refractivity contribution in [2.75, 3.05) is 16.7 Å². The van der Waals surface area contributed by atoms with Crippen molar-refractivity contribution in [3.05, 3.63) is 29.8 Å². The zero-order chi connectivity index (χ0) is 14.6. The number of ketones is 1. The lowest BCUT2D eigenvalue weighted by atomic mass is 9.96. The van der Waals surface area contributed by atoms with Gasteiger partial charge in [-0.2, -0.15) is 0 Å². The first-order chi connectivity index (χ1) is 8.89. The molecule has 0 saturated heterocycles. The van der Waals surface area contributed by atoms with E-state index in [0.717, 1.165) is 11.3 Å². The molecule has 0 amide bonds. The Morgan fingerprint density at radius 2 is 1.68 bits per heavy atom. The zero-order valence-electron chi connectivity index (χ0n) is 11.2. The van der Waals surface area contributed by atoms with Crippen LogP contribution in [-0.2, 0) is 4.79 Å². The van der Waals surface area contributed by atoms with E-state index in [1.807, 2.05) is 31.2 Å². The van der Waals surface area contributed by atoms with E-state index in [9.17, 15) is 4.79 Å². The monoisotopic (exact) mass is 317 g/mol. The summed E-state index contributed by atoms with van der Waals surface area (Å²) in [6, 6.07) is 7.77. The van der Waals surface area contributed by atoms with E-state index in [0.29, 0.717) is 4.99 Å². The van der Waals surface area contributed by atoms with Crippen LogP contribution in [0.2, 0.25) is 0 Å². The van der Waals surface area contributed by atoms with E-state index in [1.54, 1.807) is 11.8 Å². The number of hydrogen-bond acceptors (Lipinski definition) is 2. The minimum atomic E-state index is -0.996. The van der Waals surface area contributed by atoms with Crippen LogP contribution < -0.4 is 4.90 Å². The molecular weight excluding hydrogens is 301 g/mol. The lowest BCUT2D eigenvalue weighted by Crippen LogP contribution is -2.59. The number of anilines is 1. The first kappa shape index (κ1) is 16.4. The fraction of sp³-hybridized carbons (Fsp3) is 0.429. The van der Waals surface area contributed by atoms with E-state index in [1.165, 1.54) is 6.92 Å². The third-order valence-corrected chi connectivity index (χ3v) is 4.20. The Bertz CT molecular complexity index is 469. The Balaban J connectivity index is 3.37. The number of benzene rings is 1. The van der Waals surface area contributed by atoms with Gasteiger partial charge in [0.05, 0.1) is 16.7 Å². The van der Waals surface area contributed by atoms with Gasteiger partial charge in [0, 0.05) is 5.69 Å². The molecule has 1 aromatic carbocycles. The Morgan fingerprint density at radius 1 is 1.21 bits per heavy atom. The van der Waals surface area contributed by atoms with Gasteiger partial charge in [-0.15, -0.1) is 23.2 Å². The maximum Gasteiger partial charge on any atom is 0.158 e. The predicted molar refractivity (Wildman–Crippen MR) is 86.8 cm³/mol. The summed E-state index contributed by atoms with van der Waals surface area (Å²) in [4.78, 5) is 14.4. The minimum absolute atomic E-state index is 0.0910. The maximum atomic E-state index is 12.0. The number of carbonyl (C=O) groups is 1. The normalized spacial score (nSPS) is 11.2. The minimum Gasteiger partial charge on any atom is -0.320 e. The van der Waals surface area contributed by atoms with Gasteiger partial charge in [-0.25, -0.2) is 0 Å². The molecule has 0 atom stereocenters. The van der Waals surface area contributed by atoms with Crippen LogP contribution in [0.1, 0.15) is 19.4 Å². The molecule has 5 heteroatoms. The van der Waals surface area contributed by atoms with Gasteiger partial charge >= 0.3 is 0 Å². The summed E-state index contributed by atoms with van der Waals surface area (Å²) in [6.07, 6.45) is 0. The molecule has 0 aliphatic heterocycles. The summed E-state index contributed by atoms with van der Waals surface area (Å²) in [6.45, 7) is 5.26. The average molecular weight is 318 g/mol. The van der Waals surface area contributed by atoms with Crippen molar-refractivity contribution in [1.29, 1.82) is 0 Å². The molecule has 0 N–H and O–H groups in total. The first-order valence-corrected chi connectivity index (χ1v) is 7.37. The van der Waals surface area contributed by atoms with E-state index in [2.05, 4.69) is 0 Å². The Hall–Kier alpha value is -0.640. The number of halogens is 2. The molecule has 2 nitrogen and oxygen atoms in total. The quantitative estimate of drug-likeness (QED) is 0.605. The lowest BCUT2D eigenvalue weighted by molar-refractivity contribution is -0.120. The van der Waals surface area contributed by atoms with Crippen molar-refractivity contribution in [3.63, 3.8) is 0 Å². The number of rotatable bonds is 5. The van der Waals surface area contributed by atoms with Crippen LogP contribution in [-0.4, -0.2) is 28.1 Å². The molecule has 1 rings (SSSR count). The summed E-state index contributed by atoms with van der Waals surface area (Å²) < 4.78 is 0. The SMILES string of the molecule is CC(=O)C(CCl)(CCl)N(C(C)=S)c1ccc(C)cc1. The molecule has 0 radical (unpaired) electrons. The second-order valence-electron chi connectivity index (χ2n) is 4.55. The number of thiocarbonyl (C=S) groups is 1. The number of Topliss-reactive ketones (excluding diaryl/α,β-unsaturated/α-hetero) is 1. The highest BCUT2D eigenvalue weighted by Gasteiger charge is 2.41. The first-order valence-electron chi connectivity index (χ1n) is 5.89. The second kappa shape index (κ2) is 6.69. The van der Waals surface area contributed by atoms with Gasteiger partial charge in [-0.1, -0.05) is 29.9 Å². The molecule has 0 aromatic heterocycles. The van der Waals surface area contributed by atoms with Gasteiger partial charge in [0.25, 0.3) is 0 Å². The third-order valence-electron chi connectivity index (χ3n) is 3.13. The molecule has 0 bridgehead atoms. The van der Waals surface area contributed by atoms with E-state index in [4.69, 9.17) is 35.4 Å². The van der Waals surface area contributed by atoms with Crippen LogP contribution in [0, 0.1) is 6.92 Å². The fourth-order valence-electron chi connectivity index (χ4n) is 1.93. The topological polar surface area (TPSA) is 20.3 Å². The van der Waals surface area contributed by atoms with Gasteiger partial charge in [0.15, 0.2) is 5.78 Å². The van der Waals surface area contributed by atoms with Crippen LogP contribution in [0.25, 0.3) is 0 Å². The van der Waals surface area contributed by atoms with Crippen molar-refractivity contribution < 1.29 is 4.79 Å².